The van der Waals surface area contributed by atoms with Gasteiger partial charge in [-0.25, -0.2) is 0 Å². The van der Waals surface area contributed by atoms with Gasteiger partial charge in [-0.2, -0.15) is 0 Å². The van der Waals surface area contributed by atoms with Crippen molar-refractivity contribution in [2.75, 3.05) is 4.90 Å². The van der Waals surface area contributed by atoms with Crippen molar-refractivity contribution in [3.8, 4) is 43.8 Å². The van der Waals surface area contributed by atoms with Gasteiger partial charge < -0.3 is 4.90 Å². The van der Waals surface area contributed by atoms with Crippen molar-refractivity contribution in [1.29, 1.82) is 0 Å². The third-order valence-corrected chi connectivity index (χ3v) is 14.0. The van der Waals surface area contributed by atoms with Gasteiger partial charge in [0.25, 0.3) is 0 Å². The lowest BCUT2D eigenvalue weighted by atomic mass is 9.80. The summed E-state index contributed by atoms with van der Waals surface area (Å²) < 4.78 is 3.97. The molecule has 0 atom stereocenters. The third kappa shape index (κ3) is 5.34. The fourth-order valence-electron chi connectivity index (χ4n) is 8.83. The highest BCUT2D eigenvalue weighted by Gasteiger charge is 2.38. The molecule has 0 radical (unpaired) electrons. The van der Waals surface area contributed by atoms with Crippen molar-refractivity contribution in [2.24, 2.45) is 0 Å². The number of fused-ring (bicyclic) bond motifs is 8. The van der Waals surface area contributed by atoms with Gasteiger partial charge in [0, 0.05) is 52.2 Å². The Hall–Kier alpha value is -6.26. The van der Waals surface area contributed by atoms with Crippen LogP contribution in [0.25, 0.3) is 74.1 Å². The molecule has 2 aromatic heterocycles. The first-order valence-corrected chi connectivity index (χ1v) is 20.9. The van der Waals surface area contributed by atoms with Crippen LogP contribution in [0, 0.1) is 0 Å². The van der Waals surface area contributed by atoms with Crippen LogP contribution in [0.2, 0.25) is 0 Å². The molecule has 0 saturated carbocycles. The highest BCUT2D eigenvalue weighted by Crippen LogP contribution is 2.56. The zero-order valence-electron chi connectivity index (χ0n) is 31.2. The fraction of sp³-hybridized carbons (Fsp3) is 0.0566. The molecular weight excluding hydrogens is 715 g/mol. The third-order valence-electron chi connectivity index (χ3n) is 11.7. The molecule has 0 bridgehead atoms. The number of benzene rings is 8. The molecule has 1 nitrogen and oxygen atoms in total. The van der Waals surface area contributed by atoms with Crippen LogP contribution >= 0.6 is 22.7 Å². The highest BCUT2D eigenvalue weighted by molar-refractivity contribution is 7.26. The van der Waals surface area contributed by atoms with Crippen LogP contribution in [-0.2, 0) is 5.41 Å². The molecule has 0 saturated heterocycles. The van der Waals surface area contributed by atoms with Crippen LogP contribution in [0.3, 0.4) is 0 Å². The van der Waals surface area contributed by atoms with Gasteiger partial charge in [-0.1, -0.05) is 147 Å². The summed E-state index contributed by atoms with van der Waals surface area (Å²) >= 11 is 3.82. The van der Waals surface area contributed by atoms with Crippen molar-refractivity contribution < 1.29 is 0 Å². The maximum absolute atomic E-state index is 2.45. The van der Waals surface area contributed by atoms with E-state index in [1.54, 1.807) is 0 Å². The lowest BCUT2D eigenvalue weighted by Gasteiger charge is -2.26. The summed E-state index contributed by atoms with van der Waals surface area (Å²) in [5.41, 5.74) is 15.0. The second kappa shape index (κ2) is 12.9. The van der Waals surface area contributed by atoms with Crippen molar-refractivity contribution in [3.05, 3.63) is 199 Å². The van der Waals surface area contributed by atoms with Gasteiger partial charge in [0.15, 0.2) is 0 Å². The summed E-state index contributed by atoms with van der Waals surface area (Å²) in [4.78, 5) is 3.81. The van der Waals surface area contributed by atoms with E-state index in [-0.39, 0.29) is 5.41 Å². The second-order valence-corrected chi connectivity index (χ2v) is 17.5. The number of nitrogens with zero attached hydrogens (tertiary/aromatic N) is 1. The van der Waals surface area contributed by atoms with Crippen LogP contribution < -0.4 is 4.90 Å². The lowest BCUT2D eigenvalue weighted by molar-refractivity contribution is 0.667. The van der Waals surface area contributed by atoms with Crippen LogP contribution in [0.1, 0.15) is 25.0 Å². The maximum atomic E-state index is 2.45. The molecule has 2 heterocycles. The Bertz CT molecular complexity index is 3000. The summed E-state index contributed by atoms with van der Waals surface area (Å²) in [5, 5.41) is 4.00. The molecule has 0 spiro atoms. The summed E-state index contributed by atoms with van der Waals surface area (Å²) in [6, 6.07) is 69.1. The first-order valence-electron chi connectivity index (χ1n) is 19.2. The zero-order valence-corrected chi connectivity index (χ0v) is 32.8. The molecule has 0 fully saturated rings. The van der Waals surface area contributed by atoms with E-state index in [4.69, 9.17) is 0 Å². The highest BCUT2D eigenvalue weighted by atomic mass is 32.1. The molecule has 266 valence electrons. The van der Waals surface area contributed by atoms with Gasteiger partial charge in [0.1, 0.15) is 0 Å². The topological polar surface area (TPSA) is 3.24 Å². The number of hydrogen-bond acceptors (Lipinski definition) is 3. The van der Waals surface area contributed by atoms with Crippen molar-refractivity contribution in [3.63, 3.8) is 0 Å². The molecule has 0 N–H and O–H groups in total. The van der Waals surface area contributed by atoms with E-state index in [9.17, 15) is 0 Å². The SMILES string of the molecule is CC1(C)c2cc(-c3ccc4c(c3)sc3cc(N(c5ccc(-c6ccccc6)cc5)c5ccc(-c6ccccc6)cc5)ccc34)ccc2-c2sc3ccccc3c21. The molecule has 10 aromatic rings. The lowest BCUT2D eigenvalue weighted by Crippen LogP contribution is -2.15. The predicted octanol–water partition coefficient (Wildman–Crippen LogP) is 16.0. The molecule has 1 aliphatic rings. The van der Waals surface area contributed by atoms with Gasteiger partial charge in [-0.05, 0) is 110 Å². The van der Waals surface area contributed by atoms with Gasteiger partial charge in [-0.15, -0.1) is 22.7 Å². The van der Waals surface area contributed by atoms with E-state index < -0.39 is 0 Å². The predicted molar refractivity (Wildman–Crippen MR) is 243 cm³/mol. The van der Waals surface area contributed by atoms with E-state index in [0.29, 0.717) is 0 Å². The minimum atomic E-state index is -0.0476. The van der Waals surface area contributed by atoms with E-state index in [2.05, 4.69) is 207 Å². The second-order valence-electron chi connectivity index (χ2n) is 15.3. The Labute approximate surface area is 335 Å². The van der Waals surface area contributed by atoms with E-state index >= 15 is 0 Å². The maximum Gasteiger partial charge on any atom is 0.0476 e. The van der Waals surface area contributed by atoms with E-state index in [1.165, 1.54) is 85.2 Å². The summed E-state index contributed by atoms with van der Waals surface area (Å²) in [7, 11) is 0. The van der Waals surface area contributed by atoms with Crippen LogP contribution in [0.15, 0.2) is 188 Å². The Morgan fingerprint density at radius 1 is 0.375 bits per heavy atom. The molecule has 0 amide bonds. The van der Waals surface area contributed by atoms with Crippen molar-refractivity contribution >= 4 is 70.0 Å². The molecule has 0 unspecified atom stereocenters. The molecule has 11 rings (SSSR count). The standard InChI is InChI=1S/C53H37NS2/c1-53(2)47-31-38(22-29-45(47)52-51(53)46-15-9-10-16-48(46)56-52)39-21-28-43-44-30-27-42(33-50(44)55-49(43)32-39)54(40-23-17-36(18-24-40)34-11-5-3-6-12-34)41-25-19-37(20-26-41)35-13-7-4-8-14-35/h3-33H,1-2H3. The molecule has 56 heavy (non-hydrogen) atoms. The summed E-state index contributed by atoms with van der Waals surface area (Å²) in [6.45, 7) is 4.79. The normalized spacial score (nSPS) is 13.0. The summed E-state index contributed by atoms with van der Waals surface area (Å²) in [5.74, 6) is 0. The molecule has 0 aliphatic heterocycles. The quantitative estimate of drug-likeness (QED) is 0.164. The number of hydrogen-bond donors (Lipinski definition) is 0. The average molecular weight is 752 g/mol. The van der Waals surface area contributed by atoms with Gasteiger partial charge in [0.05, 0.1) is 0 Å². The summed E-state index contributed by atoms with van der Waals surface area (Å²) in [6.07, 6.45) is 0. The Balaban J connectivity index is 0.975. The smallest absolute Gasteiger partial charge is 0.0476 e. The van der Waals surface area contributed by atoms with E-state index in [1.807, 2.05) is 22.7 Å². The molecule has 8 aromatic carbocycles. The van der Waals surface area contributed by atoms with Crippen molar-refractivity contribution in [1.82, 2.24) is 0 Å². The Morgan fingerprint density at radius 2 is 0.875 bits per heavy atom. The van der Waals surface area contributed by atoms with Crippen LogP contribution in [-0.4, -0.2) is 0 Å². The largest absolute Gasteiger partial charge is 0.310 e. The number of thiophene rings is 2. The van der Waals surface area contributed by atoms with E-state index in [0.717, 1.165) is 17.1 Å². The van der Waals surface area contributed by atoms with Gasteiger partial charge in [-0.3, -0.25) is 0 Å². The Morgan fingerprint density at radius 3 is 1.54 bits per heavy atom. The minimum absolute atomic E-state index is 0.0476. The minimum Gasteiger partial charge on any atom is -0.310 e. The van der Waals surface area contributed by atoms with Gasteiger partial charge >= 0.3 is 0 Å². The first-order chi connectivity index (χ1) is 27.5. The Kier molecular flexibility index (Phi) is 7.64. The average Bonchev–Trinajstić information content (AvgIpc) is 3.89. The fourth-order valence-corrected chi connectivity index (χ4v) is 11.4. The first kappa shape index (κ1) is 33.1. The monoisotopic (exact) mass is 751 g/mol. The molecule has 3 heteroatoms. The molecule has 1 aliphatic carbocycles. The van der Waals surface area contributed by atoms with Crippen molar-refractivity contribution in [2.45, 2.75) is 19.3 Å². The van der Waals surface area contributed by atoms with Crippen LogP contribution in [0.5, 0.6) is 0 Å². The van der Waals surface area contributed by atoms with Gasteiger partial charge in [0.2, 0.25) is 0 Å². The number of rotatable bonds is 6. The van der Waals surface area contributed by atoms with Crippen LogP contribution in [0.4, 0.5) is 17.1 Å². The zero-order chi connectivity index (χ0) is 37.4. The molecular formula is C53H37NS2. The number of anilines is 3.